The van der Waals surface area contributed by atoms with Gasteiger partial charge in [0.1, 0.15) is 5.82 Å². The maximum absolute atomic E-state index is 9.82. The zero-order valence-corrected chi connectivity index (χ0v) is 15.1. The van der Waals surface area contributed by atoms with Crippen molar-refractivity contribution in [2.45, 2.75) is 19.4 Å². The SMILES string of the molecule is CCC(O)CN1CCN(c2ccc3nnc(-c4ccsc4)n3n2)CC1. The van der Waals surface area contributed by atoms with Crippen molar-refractivity contribution >= 4 is 22.8 Å². The Hall–Kier alpha value is -2.03. The highest BCUT2D eigenvalue weighted by atomic mass is 32.1. The minimum atomic E-state index is -0.230. The van der Waals surface area contributed by atoms with Gasteiger partial charge in [0.15, 0.2) is 11.5 Å². The summed E-state index contributed by atoms with van der Waals surface area (Å²) in [6.07, 6.45) is 0.573. The van der Waals surface area contributed by atoms with Gasteiger partial charge in [0.25, 0.3) is 0 Å². The molecule has 1 aliphatic rings. The van der Waals surface area contributed by atoms with Gasteiger partial charge in [-0.1, -0.05) is 6.92 Å². The van der Waals surface area contributed by atoms with Gasteiger partial charge in [-0.15, -0.1) is 15.3 Å². The summed E-state index contributed by atoms with van der Waals surface area (Å²) in [5.74, 6) is 1.72. The molecule has 0 bridgehead atoms. The van der Waals surface area contributed by atoms with E-state index in [1.54, 1.807) is 11.3 Å². The van der Waals surface area contributed by atoms with Crippen molar-refractivity contribution in [2.75, 3.05) is 37.6 Å². The molecule has 4 rings (SSSR count). The lowest BCUT2D eigenvalue weighted by molar-refractivity contribution is 0.106. The van der Waals surface area contributed by atoms with Crippen LogP contribution in [-0.4, -0.2) is 68.6 Å². The normalized spacial score (nSPS) is 17.3. The van der Waals surface area contributed by atoms with E-state index in [0.29, 0.717) is 0 Å². The highest BCUT2D eigenvalue weighted by molar-refractivity contribution is 7.08. The van der Waals surface area contributed by atoms with Crippen LogP contribution in [-0.2, 0) is 0 Å². The minimum Gasteiger partial charge on any atom is -0.392 e. The van der Waals surface area contributed by atoms with Gasteiger partial charge in [0.05, 0.1) is 6.10 Å². The molecule has 0 saturated carbocycles. The topological polar surface area (TPSA) is 69.8 Å². The van der Waals surface area contributed by atoms with Crippen molar-refractivity contribution in [1.82, 2.24) is 24.7 Å². The number of hydrogen-bond acceptors (Lipinski definition) is 7. The summed E-state index contributed by atoms with van der Waals surface area (Å²) in [7, 11) is 0. The molecule has 0 amide bonds. The molecule has 1 N–H and O–H groups in total. The van der Waals surface area contributed by atoms with Crippen LogP contribution in [0.15, 0.2) is 29.0 Å². The van der Waals surface area contributed by atoms with Gasteiger partial charge >= 0.3 is 0 Å². The fourth-order valence-electron chi connectivity index (χ4n) is 3.11. The second-order valence-corrected chi connectivity index (χ2v) is 7.13. The van der Waals surface area contributed by atoms with Gasteiger partial charge in [-0.25, -0.2) is 0 Å². The molecule has 3 aromatic heterocycles. The zero-order valence-electron chi connectivity index (χ0n) is 14.2. The molecule has 25 heavy (non-hydrogen) atoms. The summed E-state index contributed by atoms with van der Waals surface area (Å²) in [5, 5.41) is 27.2. The molecule has 132 valence electrons. The number of hydrogen-bond donors (Lipinski definition) is 1. The van der Waals surface area contributed by atoms with Gasteiger partial charge in [0, 0.05) is 43.7 Å². The van der Waals surface area contributed by atoms with Crippen LogP contribution < -0.4 is 4.90 Å². The van der Waals surface area contributed by atoms with Crippen molar-refractivity contribution in [1.29, 1.82) is 0 Å². The Balaban J connectivity index is 1.52. The molecule has 1 atom stereocenters. The van der Waals surface area contributed by atoms with E-state index < -0.39 is 0 Å². The highest BCUT2D eigenvalue weighted by Gasteiger charge is 2.20. The van der Waals surface area contributed by atoms with Gasteiger partial charge in [-0.05, 0) is 30.0 Å². The number of rotatable bonds is 5. The van der Waals surface area contributed by atoms with E-state index in [2.05, 4.69) is 25.4 Å². The number of piperazine rings is 1. The standard InChI is InChI=1S/C17H22N6OS/c1-2-14(24)11-21-6-8-22(9-7-21)16-4-3-15-18-19-17(23(15)20-16)13-5-10-25-12-13/h3-5,10,12,14,24H,2,6-9,11H2,1H3. The second-order valence-electron chi connectivity index (χ2n) is 6.35. The van der Waals surface area contributed by atoms with Crippen LogP contribution in [0.2, 0.25) is 0 Å². The van der Waals surface area contributed by atoms with Crippen LogP contribution in [0.1, 0.15) is 13.3 Å². The summed E-state index contributed by atoms with van der Waals surface area (Å²) < 4.78 is 1.82. The third kappa shape index (κ3) is 3.37. The number of β-amino-alcohol motifs (C(OH)–C–C–N with tert-alkyl or cyclic N) is 1. The Labute approximate surface area is 150 Å². The fraction of sp³-hybridized carbons (Fsp3) is 0.471. The summed E-state index contributed by atoms with van der Waals surface area (Å²) in [6, 6.07) is 6.02. The lowest BCUT2D eigenvalue weighted by Gasteiger charge is -2.36. The van der Waals surface area contributed by atoms with E-state index in [0.717, 1.165) is 62.0 Å². The molecule has 1 aliphatic heterocycles. The predicted molar refractivity (Wildman–Crippen MR) is 99.0 cm³/mol. The Bertz CT molecular complexity index is 825. The summed E-state index contributed by atoms with van der Waals surface area (Å²) in [6.45, 7) is 6.47. The predicted octanol–water partition coefficient (Wildman–Crippen LogP) is 1.75. The van der Waals surface area contributed by atoms with E-state index >= 15 is 0 Å². The van der Waals surface area contributed by atoms with Gasteiger partial charge in [-0.2, -0.15) is 15.9 Å². The molecular weight excluding hydrogens is 336 g/mol. The number of thiophene rings is 1. The first-order valence-electron chi connectivity index (χ1n) is 8.65. The molecule has 8 heteroatoms. The summed E-state index contributed by atoms with van der Waals surface area (Å²) in [4.78, 5) is 4.60. The van der Waals surface area contributed by atoms with E-state index in [1.807, 2.05) is 35.0 Å². The first-order chi connectivity index (χ1) is 12.2. The second kappa shape index (κ2) is 7.07. The largest absolute Gasteiger partial charge is 0.392 e. The number of aliphatic hydroxyl groups is 1. The first kappa shape index (κ1) is 16.4. The molecule has 4 heterocycles. The van der Waals surface area contributed by atoms with Crippen LogP contribution in [0.4, 0.5) is 5.82 Å². The molecule has 0 aromatic carbocycles. The summed E-state index contributed by atoms with van der Waals surface area (Å²) in [5.41, 5.74) is 1.80. The molecule has 1 fully saturated rings. The molecule has 1 unspecified atom stereocenters. The molecule has 7 nitrogen and oxygen atoms in total. The number of nitrogens with zero attached hydrogens (tertiary/aromatic N) is 6. The molecule has 3 aromatic rings. The highest BCUT2D eigenvalue weighted by Crippen LogP contribution is 2.22. The third-order valence-electron chi connectivity index (χ3n) is 4.66. The Morgan fingerprint density at radius 2 is 2.00 bits per heavy atom. The quantitative estimate of drug-likeness (QED) is 0.749. The molecule has 1 saturated heterocycles. The number of fused-ring (bicyclic) bond motifs is 1. The van der Waals surface area contributed by atoms with Crippen LogP contribution in [0.3, 0.4) is 0 Å². The van der Waals surface area contributed by atoms with Gasteiger partial charge in [-0.3, -0.25) is 4.90 Å². The lowest BCUT2D eigenvalue weighted by atomic mass is 10.2. The zero-order chi connectivity index (χ0) is 17.2. The minimum absolute atomic E-state index is 0.230. The maximum atomic E-state index is 9.82. The molecule has 0 radical (unpaired) electrons. The smallest absolute Gasteiger partial charge is 0.186 e. The van der Waals surface area contributed by atoms with E-state index in [1.165, 1.54) is 0 Å². The van der Waals surface area contributed by atoms with Crippen molar-refractivity contribution in [3.63, 3.8) is 0 Å². The number of aromatic nitrogens is 4. The number of aliphatic hydroxyl groups excluding tert-OH is 1. The number of anilines is 1. The molecule has 0 aliphatic carbocycles. The van der Waals surface area contributed by atoms with E-state index in [9.17, 15) is 5.11 Å². The monoisotopic (exact) mass is 358 g/mol. The first-order valence-corrected chi connectivity index (χ1v) is 9.59. The van der Waals surface area contributed by atoms with E-state index in [-0.39, 0.29) is 6.10 Å². The lowest BCUT2D eigenvalue weighted by Crippen LogP contribution is -2.48. The van der Waals surface area contributed by atoms with Gasteiger partial charge < -0.3 is 10.0 Å². The van der Waals surface area contributed by atoms with Crippen molar-refractivity contribution < 1.29 is 5.11 Å². The van der Waals surface area contributed by atoms with Crippen molar-refractivity contribution in [3.05, 3.63) is 29.0 Å². The van der Waals surface area contributed by atoms with Crippen molar-refractivity contribution in [2.24, 2.45) is 0 Å². The Kier molecular flexibility index (Phi) is 4.65. The average Bonchev–Trinajstić information content (AvgIpc) is 3.31. The molecule has 0 spiro atoms. The van der Waals surface area contributed by atoms with Gasteiger partial charge in [0.2, 0.25) is 0 Å². The maximum Gasteiger partial charge on any atom is 0.186 e. The van der Waals surface area contributed by atoms with Crippen LogP contribution >= 0.6 is 11.3 Å². The van der Waals surface area contributed by atoms with Crippen LogP contribution in [0.25, 0.3) is 17.0 Å². The fourth-order valence-corrected chi connectivity index (χ4v) is 3.74. The van der Waals surface area contributed by atoms with E-state index in [4.69, 9.17) is 5.10 Å². The van der Waals surface area contributed by atoms with Crippen LogP contribution in [0.5, 0.6) is 0 Å². The summed E-state index contributed by atoms with van der Waals surface area (Å²) >= 11 is 1.64. The van der Waals surface area contributed by atoms with Crippen molar-refractivity contribution in [3.8, 4) is 11.4 Å². The Morgan fingerprint density at radius 3 is 2.72 bits per heavy atom. The molecular formula is C17H22N6OS. The Morgan fingerprint density at radius 1 is 1.16 bits per heavy atom. The average molecular weight is 358 g/mol. The third-order valence-corrected chi connectivity index (χ3v) is 5.35. The van der Waals surface area contributed by atoms with Crippen LogP contribution in [0, 0.1) is 0 Å².